The van der Waals surface area contributed by atoms with Crippen molar-refractivity contribution in [3.8, 4) is 0 Å². The minimum Gasteiger partial charge on any atom is -0.350 e. The van der Waals surface area contributed by atoms with E-state index in [9.17, 15) is 9.00 Å². The lowest BCUT2D eigenvalue weighted by Gasteiger charge is -2.49. The van der Waals surface area contributed by atoms with Crippen LogP contribution in [-0.2, 0) is 18.0 Å². The standard InChI is InChI=1S/C24H35N5O2S/c1-19-8-7-9-20(2)22(19)23(30)25-17-24(10-5-4-6-11-24)28-12-14-29(15-13-28)32(31)21-16-27(3)18-26-21/h7-9,16,18H,4-6,10-15,17H2,1-3H3,(H,25,30). The third kappa shape index (κ3) is 4.82. The quantitative estimate of drug-likeness (QED) is 0.724. The van der Waals surface area contributed by atoms with Gasteiger partial charge in [0.1, 0.15) is 11.0 Å². The minimum absolute atomic E-state index is 0.0108. The Kier molecular flexibility index (Phi) is 7.12. The Morgan fingerprint density at radius 1 is 1.09 bits per heavy atom. The molecule has 1 aromatic heterocycles. The number of aromatic nitrogens is 2. The summed E-state index contributed by atoms with van der Waals surface area (Å²) in [5.74, 6) is 0.0282. The number of aryl methyl sites for hydroxylation is 3. The maximum atomic E-state index is 13.1. The zero-order valence-corrected chi connectivity index (χ0v) is 20.3. The molecule has 1 N–H and O–H groups in total. The van der Waals surface area contributed by atoms with E-state index < -0.39 is 11.0 Å². The van der Waals surface area contributed by atoms with Crippen molar-refractivity contribution in [2.45, 2.75) is 56.5 Å². The number of amides is 1. The van der Waals surface area contributed by atoms with Gasteiger partial charge in [0.05, 0.1) is 6.33 Å². The summed E-state index contributed by atoms with van der Waals surface area (Å²) < 4.78 is 16.7. The summed E-state index contributed by atoms with van der Waals surface area (Å²) in [5.41, 5.74) is 2.83. The van der Waals surface area contributed by atoms with E-state index in [0.717, 1.165) is 55.7 Å². The van der Waals surface area contributed by atoms with Gasteiger partial charge in [0.15, 0.2) is 5.03 Å². The van der Waals surface area contributed by atoms with Crippen LogP contribution in [0.3, 0.4) is 0 Å². The first-order valence-corrected chi connectivity index (χ1v) is 12.7. The number of rotatable bonds is 6. The van der Waals surface area contributed by atoms with Crippen molar-refractivity contribution in [1.29, 1.82) is 0 Å². The average Bonchev–Trinajstić information content (AvgIpc) is 3.24. The zero-order chi connectivity index (χ0) is 22.7. The van der Waals surface area contributed by atoms with Gasteiger partial charge >= 0.3 is 0 Å². The van der Waals surface area contributed by atoms with Crippen molar-refractivity contribution in [2.75, 3.05) is 32.7 Å². The highest BCUT2D eigenvalue weighted by Crippen LogP contribution is 2.34. The van der Waals surface area contributed by atoms with Crippen molar-refractivity contribution in [3.63, 3.8) is 0 Å². The molecule has 2 aromatic rings. The summed E-state index contributed by atoms with van der Waals surface area (Å²) in [6, 6.07) is 6.00. The molecule has 0 radical (unpaired) electrons. The number of hydrogen-bond acceptors (Lipinski definition) is 4. The average molecular weight is 458 g/mol. The van der Waals surface area contributed by atoms with Crippen LogP contribution in [0.4, 0.5) is 0 Å². The Hall–Kier alpha value is -2.03. The van der Waals surface area contributed by atoms with Crippen LogP contribution in [0.1, 0.15) is 53.6 Å². The first kappa shape index (κ1) is 23.1. The first-order valence-electron chi connectivity index (χ1n) is 11.6. The molecular weight excluding hydrogens is 422 g/mol. The van der Waals surface area contributed by atoms with Crippen LogP contribution >= 0.6 is 0 Å². The lowest BCUT2D eigenvalue weighted by Crippen LogP contribution is -2.62. The highest BCUT2D eigenvalue weighted by Gasteiger charge is 2.40. The van der Waals surface area contributed by atoms with Crippen molar-refractivity contribution >= 4 is 16.9 Å². The zero-order valence-electron chi connectivity index (χ0n) is 19.5. The van der Waals surface area contributed by atoms with Crippen molar-refractivity contribution in [3.05, 3.63) is 47.4 Å². The van der Waals surface area contributed by atoms with Crippen LogP contribution in [0.15, 0.2) is 35.7 Å². The molecule has 7 nitrogen and oxygen atoms in total. The van der Waals surface area contributed by atoms with Crippen molar-refractivity contribution < 1.29 is 9.00 Å². The third-order valence-corrected chi connectivity index (χ3v) is 8.48. The smallest absolute Gasteiger partial charge is 0.251 e. The van der Waals surface area contributed by atoms with E-state index in [1.807, 2.05) is 54.2 Å². The maximum absolute atomic E-state index is 13.1. The van der Waals surface area contributed by atoms with E-state index in [1.54, 1.807) is 6.33 Å². The Morgan fingerprint density at radius 3 is 2.34 bits per heavy atom. The van der Waals surface area contributed by atoms with Gasteiger partial charge in [-0.3, -0.25) is 9.69 Å². The van der Waals surface area contributed by atoms with Crippen molar-refractivity contribution in [1.82, 2.24) is 24.1 Å². The summed E-state index contributed by atoms with van der Waals surface area (Å²) in [6.07, 6.45) is 9.37. The normalized spacial score (nSPS) is 20.7. The molecule has 0 spiro atoms. The summed E-state index contributed by atoms with van der Waals surface area (Å²) in [6.45, 7) is 7.88. The van der Waals surface area contributed by atoms with Gasteiger partial charge in [-0.05, 0) is 37.8 Å². The molecule has 1 saturated heterocycles. The number of hydrogen-bond donors (Lipinski definition) is 1. The van der Waals surface area contributed by atoms with Crippen molar-refractivity contribution in [2.24, 2.45) is 7.05 Å². The van der Waals surface area contributed by atoms with E-state index in [0.29, 0.717) is 11.6 Å². The van der Waals surface area contributed by atoms with E-state index in [-0.39, 0.29) is 11.4 Å². The summed E-state index contributed by atoms with van der Waals surface area (Å²) in [4.78, 5) is 19.9. The number of piperazine rings is 1. The topological polar surface area (TPSA) is 70.5 Å². The minimum atomic E-state index is -1.22. The molecule has 2 aliphatic rings. The molecule has 1 unspecified atom stereocenters. The number of imidazole rings is 1. The molecule has 1 saturated carbocycles. The van der Waals surface area contributed by atoms with E-state index >= 15 is 0 Å². The van der Waals surface area contributed by atoms with Crippen LogP contribution < -0.4 is 5.32 Å². The van der Waals surface area contributed by atoms with Gasteiger partial charge in [-0.2, -0.15) is 0 Å². The first-order chi connectivity index (χ1) is 15.4. The molecule has 1 aliphatic carbocycles. The summed E-state index contributed by atoms with van der Waals surface area (Å²) in [7, 11) is 0.675. The number of carbonyl (C=O) groups is 1. The van der Waals surface area contributed by atoms with Crippen LogP contribution in [0.5, 0.6) is 0 Å². The molecule has 1 aromatic carbocycles. The van der Waals surface area contributed by atoms with E-state index in [1.165, 1.54) is 19.3 Å². The molecule has 1 atom stereocenters. The summed E-state index contributed by atoms with van der Waals surface area (Å²) in [5, 5.41) is 3.90. The second-order valence-electron chi connectivity index (χ2n) is 9.28. The van der Waals surface area contributed by atoms with Crippen LogP contribution in [0.2, 0.25) is 0 Å². The molecule has 4 rings (SSSR count). The van der Waals surface area contributed by atoms with E-state index in [4.69, 9.17) is 0 Å². The Balaban J connectivity index is 1.42. The van der Waals surface area contributed by atoms with Crippen LogP contribution in [-0.4, -0.2) is 67.1 Å². The fourth-order valence-electron chi connectivity index (χ4n) is 5.26. The predicted octanol–water partition coefficient (Wildman–Crippen LogP) is 2.81. The Labute approximate surface area is 193 Å². The molecule has 1 aliphatic heterocycles. The van der Waals surface area contributed by atoms with E-state index in [2.05, 4.69) is 15.2 Å². The lowest BCUT2D eigenvalue weighted by molar-refractivity contribution is 0.0247. The molecule has 2 fully saturated rings. The molecule has 8 heteroatoms. The monoisotopic (exact) mass is 457 g/mol. The second kappa shape index (κ2) is 9.85. The third-order valence-electron chi connectivity index (χ3n) is 7.07. The lowest BCUT2D eigenvalue weighted by atomic mass is 9.79. The van der Waals surface area contributed by atoms with Crippen LogP contribution in [0.25, 0.3) is 0 Å². The number of nitrogens with zero attached hydrogens (tertiary/aromatic N) is 4. The highest BCUT2D eigenvalue weighted by molar-refractivity contribution is 7.82. The second-order valence-corrected chi connectivity index (χ2v) is 10.7. The van der Waals surface area contributed by atoms with Gasteiger partial charge < -0.3 is 9.88 Å². The fourth-order valence-corrected chi connectivity index (χ4v) is 6.41. The largest absolute Gasteiger partial charge is 0.350 e. The number of carbonyl (C=O) groups excluding carboxylic acids is 1. The Morgan fingerprint density at radius 2 is 1.75 bits per heavy atom. The summed E-state index contributed by atoms with van der Waals surface area (Å²) >= 11 is 0. The number of nitrogens with one attached hydrogen (secondary N) is 1. The van der Waals surface area contributed by atoms with Gasteiger partial charge in [-0.25, -0.2) is 13.5 Å². The molecule has 0 bridgehead atoms. The van der Waals surface area contributed by atoms with Gasteiger partial charge in [0.2, 0.25) is 0 Å². The molecule has 32 heavy (non-hydrogen) atoms. The van der Waals surface area contributed by atoms with Gasteiger partial charge in [0.25, 0.3) is 5.91 Å². The number of benzene rings is 1. The fraction of sp³-hybridized carbons (Fsp3) is 0.583. The Bertz CT molecular complexity index is 954. The van der Waals surface area contributed by atoms with Gasteiger partial charge in [0, 0.05) is 57.1 Å². The highest BCUT2D eigenvalue weighted by atomic mass is 32.2. The van der Waals surface area contributed by atoms with Crippen LogP contribution in [0, 0.1) is 13.8 Å². The molecule has 2 heterocycles. The predicted molar refractivity (Wildman–Crippen MR) is 127 cm³/mol. The van der Waals surface area contributed by atoms with Gasteiger partial charge in [-0.1, -0.05) is 37.5 Å². The molecular formula is C24H35N5O2S. The maximum Gasteiger partial charge on any atom is 0.251 e. The SMILES string of the molecule is Cc1cccc(C)c1C(=O)NCC1(N2CCN(S(=O)c3cn(C)cn3)CC2)CCCCC1. The van der Waals surface area contributed by atoms with Gasteiger partial charge in [-0.15, -0.1) is 0 Å². The molecule has 1 amide bonds. The molecule has 174 valence electrons.